The average Bonchev–Trinajstić information content (AvgIpc) is 2.61. The third-order valence-corrected chi connectivity index (χ3v) is 4.28. The molecule has 0 saturated heterocycles. The van der Waals surface area contributed by atoms with Gasteiger partial charge in [0.05, 0.1) is 0 Å². The van der Waals surface area contributed by atoms with E-state index in [1.54, 1.807) is 0 Å². The van der Waals surface area contributed by atoms with Gasteiger partial charge in [-0.25, -0.2) is 4.79 Å². The van der Waals surface area contributed by atoms with Crippen molar-refractivity contribution in [3.8, 4) is 5.75 Å². The van der Waals surface area contributed by atoms with Crippen LogP contribution in [0.1, 0.15) is 62.6 Å². The van der Waals surface area contributed by atoms with Gasteiger partial charge in [-0.2, -0.15) is 0 Å². The molecule has 0 amide bonds. The van der Waals surface area contributed by atoms with Gasteiger partial charge in [0.1, 0.15) is 5.75 Å². The Kier molecular flexibility index (Phi) is 7.00. The molecule has 0 unspecified atom stereocenters. The quantitative estimate of drug-likeness (QED) is 0.337. The summed E-state index contributed by atoms with van der Waals surface area (Å²) in [4.78, 5) is 12.8. The molecule has 0 aromatic heterocycles. The van der Waals surface area contributed by atoms with E-state index in [0.29, 0.717) is 11.7 Å². The van der Waals surface area contributed by atoms with E-state index in [9.17, 15) is 4.79 Å². The highest BCUT2D eigenvalue weighted by atomic mass is 16.5. The maximum absolute atomic E-state index is 12.8. The van der Waals surface area contributed by atoms with Crippen LogP contribution in [0.3, 0.4) is 0 Å². The van der Waals surface area contributed by atoms with Gasteiger partial charge < -0.3 is 4.74 Å². The Morgan fingerprint density at radius 2 is 1.84 bits per heavy atom. The van der Waals surface area contributed by atoms with Crippen LogP contribution in [-0.4, -0.2) is 5.97 Å². The second-order valence-electron chi connectivity index (χ2n) is 6.75. The third-order valence-electron chi connectivity index (χ3n) is 4.28. The molecule has 0 saturated carbocycles. The molecule has 0 atom stereocenters. The van der Waals surface area contributed by atoms with Gasteiger partial charge in [0.25, 0.3) is 0 Å². The fourth-order valence-corrected chi connectivity index (χ4v) is 2.60. The third kappa shape index (κ3) is 5.60. The van der Waals surface area contributed by atoms with Gasteiger partial charge in [-0.05, 0) is 54.5 Å². The molecule has 2 heteroatoms. The first-order chi connectivity index (χ1) is 12.0. The molecule has 2 nitrogen and oxygen atoms in total. The Labute approximate surface area is 151 Å². The molecule has 2 aromatic rings. The zero-order valence-corrected chi connectivity index (χ0v) is 15.7. The number of esters is 1. The largest absolute Gasteiger partial charge is 0.423 e. The van der Waals surface area contributed by atoms with E-state index < -0.39 is 0 Å². The lowest BCUT2D eigenvalue weighted by Crippen LogP contribution is -2.12. The van der Waals surface area contributed by atoms with Crippen molar-refractivity contribution in [2.24, 2.45) is 0 Å². The Morgan fingerprint density at radius 3 is 2.48 bits per heavy atom. The summed E-state index contributed by atoms with van der Waals surface area (Å²) in [7, 11) is 0. The fraction of sp³-hybridized carbons (Fsp3) is 0.348. The lowest BCUT2D eigenvalue weighted by molar-refractivity contribution is -0.130. The highest BCUT2D eigenvalue weighted by molar-refractivity contribution is 5.95. The molecule has 0 N–H and O–H groups in total. The first-order valence-electron chi connectivity index (χ1n) is 9.09. The number of hydrogen-bond donors (Lipinski definition) is 0. The number of carbonyl (C=O) groups excluding carboxylic acids is 1. The predicted octanol–water partition coefficient (Wildman–Crippen LogP) is 6.30. The lowest BCUT2D eigenvalue weighted by Gasteiger charge is -2.13. The second-order valence-corrected chi connectivity index (χ2v) is 6.75. The first-order valence-corrected chi connectivity index (χ1v) is 9.09. The molecular formula is C23H28O2. The molecule has 0 aliphatic rings. The number of carbonyl (C=O) groups is 1. The van der Waals surface area contributed by atoms with E-state index in [1.807, 2.05) is 55.5 Å². The van der Waals surface area contributed by atoms with Gasteiger partial charge >= 0.3 is 5.97 Å². The number of benzene rings is 2. The zero-order valence-electron chi connectivity index (χ0n) is 15.7. The van der Waals surface area contributed by atoms with E-state index >= 15 is 0 Å². The van der Waals surface area contributed by atoms with E-state index in [1.165, 1.54) is 5.56 Å². The maximum Gasteiger partial charge on any atom is 0.339 e. The number of rotatable bonds is 7. The number of unbranched alkanes of at least 4 members (excludes halogenated alkanes) is 1. The molecule has 2 rings (SSSR count). The molecule has 0 fully saturated rings. The Bertz CT molecular complexity index is 727. The summed E-state index contributed by atoms with van der Waals surface area (Å²) in [5.41, 5.74) is 3.91. The van der Waals surface area contributed by atoms with Gasteiger partial charge in [0, 0.05) is 5.57 Å². The highest BCUT2D eigenvalue weighted by Gasteiger charge is 2.14. The zero-order chi connectivity index (χ0) is 18.2. The van der Waals surface area contributed by atoms with Gasteiger partial charge in [0.2, 0.25) is 0 Å². The number of hydrogen-bond acceptors (Lipinski definition) is 2. The monoisotopic (exact) mass is 336 g/mol. The van der Waals surface area contributed by atoms with Crippen molar-refractivity contribution < 1.29 is 9.53 Å². The Hall–Kier alpha value is -2.35. The van der Waals surface area contributed by atoms with Crippen LogP contribution >= 0.6 is 0 Å². The average molecular weight is 336 g/mol. The van der Waals surface area contributed by atoms with Crippen molar-refractivity contribution in [2.45, 2.75) is 52.9 Å². The Balaban J connectivity index is 2.25. The second kappa shape index (κ2) is 9.22. The number of aryl methyl sites for hydroxylation is 1. The van der Waals surface area contributed by atoms with Crippen LogP contribution in [0.25, 0.3) is 6.08 Å². The minimum Gasteiger partial charge on any atom is -0.423 e. The SMILES string of the molecule is CCCCC(=Cc1ccccc1)C(=O)Oc1cc(C(C)C)ccc1C. The molecule has 0 radical (unpaired) electrons. The summed E-state index contributed by atoms with van der Waals surface area (Å²) in [5.74, 6) is 0.811. The summed E-state index contributed by atoms with van der Waals surface area (Å²) in [5, 5.41) is 0. The van der Waals surface area contributed by atoms with Crippen molar-refractivity contribution in [2.75, 3.05) is 0 Å². The smallest absolute Gasteiger partial charge is 0.339 e. The van der Waals surface area contributed by atoms with Crippen molar-refractivity contribution >= 4 is 12.0 Å². The van der Waals surface area contributed by atoms with Crippen molar-refractivity contribution in [1.29, 1.82) is 0 Å². The van der Waals surface area contributed by atoms with Gasteiger partial charge in [-0.3, -0.25) is 0 Å². The molecule has 0 spiro atoms. The molecule has 132 valence electrons. The summed E-state index contributed by atoms with van der Waals surface area (Å²) in [6.45, 7) is 8.37. The molecule has 0 bridgehead atoms. The van der Waals surface area contributed by atoms with Crippen molar-refractivity contribution in [1.82, 2.24) is 0 Å². The highest BCUT2D eigenvalue weighted by Crippen LogP contribution is 2.26. The van der Waals surface area contributed by atoms with Gasteiger partial charge in [-0.1, -0.05) is 69.7 Å². The van der Waals surface area contributed by atoms with Crippen LogP contribution in [0.4, 0.5) is 0 Å². The summed E-state index contributed by atoms with van der Waals surface area (Å²) < 4.78 is 5.76. The molecule has 0 aliphatic carbocycles. The van der Waals surface area contributed by atoms with Crippen LogP contribution in [-0.2, 0) is 4.79 Å². The van der Waals surface area contributed by atoms with Crippen LogP contribution in [0.2, 0.25) is 0 Å². The molecular weight excluding hydrogens is 308 g/mol. The summed E-state index contributed by atoms with van der Waals surface area (Å²) >= 11 is 0. The lowest BCUT2D eigenvalue weighted by atomic mass is 10.0. The minimum atomic E-state index is -0.249. The molecule has 2 aromatic carbocycles. The summed E-state index contributed by atoms with van der Waals surface area (Å²) in [6, 6.07) is 16.0. The van der Waals surface area contributed by atoms with E-state index in [4.69, 9.17) is 4.74 Å². The number of ether oxygens (including phenoxy) is 1. The molecule has 0 heterocycles. The normalized spacial score (nSPS) is 11.6. The van der Waals surface area contributed by atoms with Crippen LogP contribution in [0.15, 0.2) is 54.1 Å². The topological polar surface area (TPSA) is 26.3 Å². The standard InChI is InChI=1S/C23H28O2/c1-5-6-12-21(15-19-10-8-7-9-11-19)23(24)25-22-16-20(17(2)3)14-13-18(22)4/h7-11,13-17H,5-6,12H2,1-4H3. The van der Waals surface area contributed by atoms with Gasteiger partial charge in [-0.15, -0.1) is 0 Å². The van der Waals surface area contributed by atoms with Crippen LogP contribution in [0, 0.1) is 6.92 Å². The van der Waals surface area contributed by atoms with Crippen LogP contribution in [0.5, 0.6) is 5.75 Å². The van der Waals surface area contributed by atoms with Crippen molar-refractivity contribution in [3.63, 3.8) is 0 Å². The van der Waals surface area contributed by atoms with E-state index in [-0.39, 0.29) is 5.97 Å². The minimum absolute atomic E-state index is 0.249. The summed E-state index contributed by atoms with van der Waals surface area (Å²) in [6.07, 6.45) is 4.69. The van der Waals surface area contributed by atoms with Gasteiger partial charge in [0.15, 0.2) is 0 Å². The molecule has 25 heavy (non-hydrogen) atoms. The fourth-order valence-electron chi connectivity index (χ4n) is 2.60. The Morgan fingerprint density at radius 1 is 1.12 bits per heavy atom. The van der Waals surface area contributed by atoms with Crippen molar-refractivity contribution in [3.05, 3.63) is 70.8 Å². The predicted molar refractivity (Wildman–Crippen MR) is 105 cm³/mol. The van der Waals surface area contributed by atoms with Crippen LogP contribution < -0.4 is 4.74 Å². The first kappa shape index (κ1) is 19.0. The maximum atomic E-state index is 12.8. The van der Waals surface area contributed by atoms with E-state index in [2.05, 4.69) is 26.8 Å². The van der Waals surface area contributed by atoms with E-state index in [0.717, 1.165) is 36.0 Å². The molecule has 0 aliphatic heterocycles.